The molecular formula is C60H49N5. The van der Waals surface area contributed by atoms with Gasteiger partial charge in [-0.1, -0.05) is 186 Å². The number of benzene rings is 8. The highest BCUT2D eigenvalue weighted by Gasteiger charge is 2.43. The Morgan fingerprint density at radius 2 is 0.969 bits per heavy atom. The van der Waals surface area contributed by atoms with Crippen molar-refractivity contribution in [2.45, 2.75) is 51.9 Å². The first-order valence-corrected chi connectivity index (χ1v) is 22.8. The molecule has 3 heterocycles. The first-order chi connectivity index (χ1) is 31.7. The molecule has 0 fully saturated rings. The molecule has 65 heavy (non-hydrogen) atoms. The first kappa shape index (κ1) is 39.0. The number of aromatic nitrogens is 5. The van der Waals surface area contributed by atoms with E-state index in [1.807, 2.05) is 24.3 Å². The maximum Gasteiger partial charge on any atom is 0.238 e. The molecule has 3 aromatic heterocycles. The van der Waals surface area contributed by atoms with Crippen molar-refractivity contribution in [2.75, 3.05) is 0 Å². The quantitative estimate of drug-likeness (QED) is 0.168. The smallest absolute Gasteiger partial charge is 0.238 e. The number of fused-ring (bicyclic) bond motifs is 7. The fraction of sp³-hybridized carbons (Fsp3) is 0.150. The Balaban J connectivity index is 1.14. The summed E-state index contributed by atoms with van der Waals surface area (Å²) in [5, 5.41) is 4.71. The van der Waals surface area contributed by atoms with E-state index in [0.29, 0.717) is 23.5 Å². The number of hydrogen-bond donors (Lipinski definition) is 0. The van der Waals surface area contributed by atoms with Gasteiger partial charge in [-0.3, -0.25) is 4.57 Å². The third-order valence-corrected chi connectivity index (χ3v) is 14.5. The highest BCUT2D eigenvalue weighted by molar-refractivity contribution is 6.19. The van der Waals surface area contributed by atoms with Crippen molar-refractivity contribution in [1.29, 1.82) is 0 Å². The van der Waals surface area contributed by atoms with Gasteiger partial charge in [-0.2, -0.15) is 9.97 Å². The summed E-state index contributed by atoms with van der Waals surface area (Å²) in [6.45, 7) is 12.2. The summed E-state index contributed by atoms with van der Waals surface area (Å²) >= 11 is 0. The van der Waals surface area contributed by atoms with Gasteiger partial charge in [-0.25, -0.2) is 4.98 Å². The van der Waals surface area contributed by atoms with Crippen molar-refractivity contribution in [1.82, 2.24) is 24.1 Å². The van der Waals surface area contributed by atoms with Gasteiger partial charge in [-0.05, 0) is 87.4 Å². The summed E-state index contributed by atoms with van der Waals surface area (Å²) in [5.41, 5.74) is 15.2. The molecule has 5 heteroatoms. The van der Waals surface area contributed by atoms with Crippen molar-refractivity contribution in [3.05, 3.63) is 199 Å². The van der Waals surface area contributed by atoms with Crippen LogP contribution in [0.2, 0.25) is 0 Å². The monoisotopic (exact) mass is 839 g/mol. The van der Waals surface area contributed by atoms with Crippen LogP contribution in [0.25, 0.3) is 100 Å². The van der Waals surface area contributed by atoms with Crippen LogP contribution >= 0.6 is 0 Å². The Bertz CT molecular complexity index is 3650. The summed E-state index contributed by atoms with van der Waals surface area (Å²) in [6.07, 6.45) is 1.16. The van der Waals surface area contributed by atoms with Crippen molar-refractivity contribution in [2.24, 2.45) is 5.92 Å². The second-order valence-electron chi connectivity index (χ2n) is 19.1. The lowest BCUT2D eigenvalue weighted by atomic mass is 9.57. The van der Waals surface area contributed by atoms with Crippen LogP contribution in [0.1, 0.15) is 52.2 Å². The molecule has 314 valence electrons. The van der Waals surface area contributed by atoms with Gasteiger partial charge in [0, 0.05) is 38.2 Å². The minimum Gasteiger partial charge on any atom is -0.309 e. The van der Waals surface area contributed by atoms with Gasteiger partial charge < -0.3 is 4.57 Å². The average Bonchev–Trinajstić information content (AvgIpc) is 3.84. The van der Waals surface area contributed by atoms with E-state index in [-0.39, 0.29) is 10.8 Å². The predicted molar refractivity (Wildman–Crippen MR) is 270 cm³/mol. The van der Waals surface area contributed by atoms with E-state index in [9.17, 15) is 0 Å². The van der Waals surface area contributed by atoms with Crippen LogP contribution in [-0.4, -0.2) is 24.1 Å². The molecule has 12 rings (SSSR count). The number of nitrogens with zero attached hydrogens (tertiary/aromatic N) is 5. The molecular weight excluding hydrogens is 791 g/mol. The van der Waals surface area contributed by atoms with Gasteiger partial charge in [0.2, 0.25) is 5.95 Å². The van der Waals surface area contributed by atoms with E-state index < -0.39 is 0 Å². The maximum absolute atomic E-state index is 5.37. The van der Waals surface area contributed by atoms with Gasteiger partial charge in [0.05, 0.1) is 27.8 Å². The van der Waals surface area contributed by atoms with Gasteiger partial charge in [-0.15, -0.1) is 0 Å². The van der Waals surface area contributed by atoms with Crippen molar-refractivity contribution < 1.29 is 0 Å². The SMILES string of the molecule is CC1CC(C)(C)c2cccc(-c3ccccc3-n3c4ccccc4c4cc5c6ccccc6n(-c6nc(-c7ccccc7)nc(-c7cccc(-c8ccccc8)c7)n6)c5cc43)c2C1(C)C. The second-order valence-corrected chi connectivity index (χ2v) is 19.1. The summed E-state index contributed by atoms with van der Waals surface area (Å²) in [5.74, 6) is 2.33. The summed E-state index contributed by atoms with van der Waals surface area (Å²) in [4.78, 5) is 15.9. The summed E-state index contributed by atoms with van der Waals surface area (Å²) < 4.78 is 4.74. The van der Waals surface area contributed by atoms with E-state index in [0.717, 1.165) is 61.7 Å². The fourth-order valence-corrected chi connectivity index (χ4v) is 11.0. The van der Waals surface area contributed by atoms with Gasteiger partial charge >= 0.3 is 0 Å². The maximum atomic E-state index is 5.37. The third-order valence-electron chi connectivity index (χ3n) is 14.5. The topological polar surface area (TPSA) is 48.5 Å². The summed E-state index contributed by atoms with van der Waals surface area (Å²) in [7, 11) is 0. The van der Waals surface area contributed by atoms with Crippen LogP contribution in [-0.2, 0) is 10.8 Å². The van der Waals surface area contributed by atoms with E-state index in [1.165, 1.54) is 38.5 Å². The lowest BCUT2D eigenvalue weighted by molar-refractivity contribution is 0.234. The molecule has 0 amide bonds. The Morgan fingerprint density at radius 1 is 0.431 bits per heavy atom. The van der Waals surface area contributed by atoms with Gasteiger partial charge in [0.25, 0.3) is 0 Å². The first-order valence-electron chi connectivity index (χ1n) is 22.8. The molecule has 0 aliphatic heterocycles. The van der Waals surface area contributed by atoms with Crippen molar-refractivity contribution in [3.63, 3.8) is 0 Å². The summed E-state index contributed by atoms with van der Waals surface area (Å²) in [6, 6.07) is 67.5. The molecule has 0 radical (unpaired) electrons. The third kappa shape index (κ3) is 6.17. The molecule has 0 bridgehead atoms. The second kappa shape index (κ2) is 14.7. The minimum atomic E-state index is -0.00660. The molecule has 11 aromatic rings. The standard InChI is InChI=1S/C60H49N5/c1-38-37-59(2,3)49-30-19-29-46(55(49)60(38,4)5)43-26-12-15-31-50(43)64-51-32-16-13-27-44(51)47-35-48-45-28-14-17-33-52(45)65(54(48)36-53(47)64)58-62-56(40-22-10-7-11-23-40)61-57(63-58)42-25-18-24-41(34-42)39-20-8-6-9-21-39/h6-36,38H,37H2,1-5H3. The van der Waals surface area contributed by atoms with Gasteiger partial charge in [0.1, 0.15) is 0 Å². The highest BCUT2D eigenvalue weighted by atomic mass is 15.2. The van der Waals surface area contributed by atoms with Crippen LogP contribution in [0.3, 0.4) is 0 Å². The molecule has 1 atom stereocenters. The fourth-order valence-electron chi connectivity index (χ4n) is 11.0. The molecule has 0 N–H and O–H groups in total. The number of para-hydroxylation sites is 3. The van der Waals surface area contributed by atoms with Crippen LogP contribution in [0.15, 0.2) is 188 Å². The largest absolute Gasteiger partial charge is 0.309 e. The Hall–Kier alpha value is -7.63. The van der Waals surface area contributed by atoms with E-state index >= 15 is 0 Å². The highest BCUT2D eigenvalue weighted by Crippen LogP contribution is 2.53. The molecule has 1 aliphatic rings. The predicted octanol–water partition coefficient (Wildman–Crippen LogP) is 15.3. The Labute approximate surface area is 379 Å². The van der Waals surface area contributed by atoms with Crippen LogP contribution in [0.5, 0.6) is 0 Å². The number of hydrogen-bond acceptors (Lipinski definition) is 3. The van der Waals surface area contributed by atoms with E-state index in [2.05, 4.69) is 208 Å². The molecule has 1 unspecified atom stereocenters. The molecule has 0 saturated carbocycles. The van der Waals surface area contributed by atoms with Crippen molar-refractivity contribution >= 4 is 43.6 Å². The normalized spacial score (nSPS) is 15.5. The van der Waals surface area contributed by atoms with Crippen LogP contribution in [0, 0.1) is 5.92 Å². The van der Waals surface area contributed by atoms with E-state index in [4.69, 9.17) is 15.0 Å². The zero-order valence-corrected chi connectivity index (χ0v) is 37.4. The number of rotatable bonds is 6. The molecule has 0 spiro atoms. The zero-order chi connectivity index (χ0) is 44.0. The van der Waals surface area contributed by atoms with Gasteiger partial charge in [0.15, 0.2) is 11.6 Å². The lowest BCUT2D eigenvalue weighted by Gasteiger charge is -2.47. The molecule has 8 aromatic carbocycles. The minimum absolute atomic E-state index is 0.00660. The molecule has 0 saturated heterocycles. The lowest BCUT2D eigenvalue weighted by Crippen LogP contribution is -2.40. The van der Waals surface area contributed by atoms with Crippen LogP contribution in [0.4, 0.5) is 0 Å². The Kier molecular flexibility index (Phi) is 8.83. The van der Waals surface area contributed by atoms with Crippen molar-refractivity contribution in [3.8, 4) is 56.7 Å². The zero-order valence-electron chi connectivity index (χ0n) is 37.4. The van der Waals surface area contributed by atoms with E-state index in [1.54, 1.807) is 0 Å². The molecule has 5 nitrogen and oxygen atoms in total. The Morgan fingerprint density at radius 3 is 1.69 bits per heavy atom. The molecule has 1 aliphatic carbocycles. The van der Waals surface area contributed by atoms with Crippen LogP contribution < -0.4 is 0 Å². The average molecular weight is 840 g/mol.